The Morgan fingerprint density at radius 1 is 1.43 bits per heavy atom. The van der Waals surface area contributed by atoms with Gasteiger partial charge in [0.2, 0.25) is 5.91 Å². The third-order valence-electron chi connectivity index (χ3n) is 2.03. The molecule has 0 saturated heterocycles. The predicted octanol–water partition coefficient (Wildman–Crippen LogP) is 2.58. The maximum absolute atomic E-state index is 11.3. The van der Waals surface area contributed by atoms with Gasteiger partial charge in [0.25, 0.3) is 0 Å². The van der Waals surface area contributed by atoms with Crippen LogP contribution in [-0.2, 0) is 17.8 Å². The first-order valence-corrected chi connectivity index (χ1v) is 5.80. The van der Waals surface area contributed by atoms with Crippen molar-refractivity contribution in [2.24, 2.45) is 5.92 Å². The van der Waals surface area contributed by atoms with Crippen molar-refractivity contribution in [3.63, 3.8) is 0 Å². The highest BCUT2D eigenvalue weighted by molar-refractivity contribution is 7.11. The molecule has 0 fully saturated rings. The largest absolute Gasteiger partial charge is 0.351 e. The number of hydrogen-bond donors (Lipinski definition) is 1. The summed E-state index contributed by atoms with van der Waals surface area (Å²) in [4.78, 5) is 13.9. The average Bonchev–Trinajstić information content (AvgIpc) is 2.61. The second-order valence-corrected chi connectivity index (χ2v) is 4.85. The summed E-state index contributed by atoms with van der Waals surface area (Å²) < 4.78 is 0. The Bertz CT molecular complexity index is 304. The first kappa shape index (κ1) is 11.2. The number of carbonyl (C=O) groups is 1. The fraction of sp³-hybridized carbons (Fsp3) is 0.545. The van der Waals surface area contributed by atoms with Gasteiger partial charge < -0.3 is 5.32 Å². The van der Waals surface area contributed by atoms with E-state index in [1.54, 1.807) is 11.3 Å². The van der Waals surface area contributed by atoms with Crippen LogP contribution in [0.4, 0.5) is 0 Å². The molecule has 0 atom stereocenters. The first-order valence-electron chi connectivity index (χ1n) is 4.98. The number of amides is 1. The van der Waals surface area contributed by atoms with Crippen LogP contribution in [0.5, 0.6) is 0 Å². The number of hydrogen-bond acceptors (Lipinski definition) is 2. The topological polar surface area (TPSA) is 29.1 Å². The standard InChI is InChI=1S/C11H17NOS/c1-4-9-5-6-10(14-9)7-12-11(13)8(2)3/h5-6,8H,4,7H2,1-3H3,(H,12,13). The highest BCUT2D eigenvalue weighted by Gasteiger charge is 2.06. The molecule has 2 nitrogen and oxygen atoms in total. The molecule has 0 saturated carbocycles. The Hall–Kier alpha value is -0.830. The molecular formula is C11H17NOS. The van der Waals surface area contributed by atoms with Crippen molar-refractivity contribution in [2.75, 3.05) is 0 Å². The summed E-state index contributed by atoms with van der Waals surface area (Å²) in [5.74, 6) is 0.192. The van der Waals surface area contributed by atoms with Gasteiger partial charge in [0.15, 0.2) is 0 Å². The maximum atomic E-state index is 11.3. The Labute approximate surface area is 89.3 Å². The summed E-state index contributed by atoms with van der Waals surface area (Å²) in [6, 6.07) is 4.21. The molecule has 0 aliphatic carbocycles. The Kier molecular flexibility index (Phi) is 4.14. The van der Waals surface area contributed by atoms with E-state index in [1.165, 1.54) is 9.75 Å². The van der Waals surface area contributed by atoms with Gasteiger partial charge in [0, 0.05) is 15.7 Å². The molecule has 0 aromatic carbocycles. The quantitative estimate of drug-likeness (QED) is 0.815. The number of rotatable bonds is 4. The molecule has 0 aliphatic heterocycles. The van der Waals surface area contributed by atoms with Crippen molar-refractivity contribution in [1.29, 1.82) is 0 Å². The van der Waals surface area contributed by atoms with Gasteiger partial charge >= 0.3 is 0 Å². The second kappa shape index (κ2) is 5.15. The fourth-order valence-corrected chi connectivity index (χ4v) is 1.98. The van der Waals surface area contributed by atoms with E-state index in [0.29, 0.717) is 6.54 Å². The van der Waals surface area contributed by atoms with Crippen molar-refractivity contribution >= 4 is 17.2 Å². The number of thiophene rings is 1. The summed E-state index contributed by atoms with van der Waals surface area (Å²) in [5, 5.41) is 2.91. The van der Waals surface area contributed by atoms with E-state index in [-0.39, 0.29) is 11.8 Å². The van der Waals surface area contributed by atoms with Gasteiger partial charge in [-0.2, -0.15) is 0 Å². The van der Waals surface area contributed by atoms with Gasteiger partial charge in [-0.3, -0.25) is 4.79 Å². The fourth-order valence-electron chi connectivity index (χ4n) is 1.09. The van der Waals surface area contributed by atoms with Gasteiger partial charge in [-0.05, 0) is 18.6 Å². The molecule has 1 rings (SSSR count). The lowest BCUT2D eigenvalue weighted by Crippen LogP contribution is -2.26. The van der Waals surface area contributed by atoms with E-state index in [0.717, 1.165) is 6.42 Å². The van der Waals surface area contributed by atoms with Gasteiger partial charge in [-0.15, -0.1) is 11.3 Å². The highest BCUT2D eigenvalue weighted by atomic mass is 32.1. The monoisotopic (exact) mass is 211 g/mol. The third-order valence-corrected chi connectivity index (χ3v) is 3.26. The summed E-state index contributed by atoms with van der Waals surface area (Å²) >= 11 is 1.77. The van der Waals surface area contributed by atoms with Crippen LogP contribution >= 0.6 is 11.3 Å². The lowest BCUT2D eigenvalue weighted by molar-refractivity contribution is -0.124. The van der Waals surface area contributed by atoms with Crippen LogP contribution in [-0.4, -0.2) is 5.91 Å². The summed E-state index contributed by atoms with van der Waals surface area (Å²) in [5.41, 5.74) is 0. The molecule has 0 aliphatic rings. The van der Waals surface area contributed by atoms with E-state index in [2.05, 4.69) is 24.4 Å². The molecular weight excluding hydrogens is 194 g/mol. The van der Waals surface area contributed by atoms with Crippen LogP contribution < -0.4 is 5.32 Å². The zero-order valence-corrected chi connectivity index (χ0v) is 9.78. The van der Waals surface area contributed by atoms with Gasteiger partial charge in [-0.1, -0.05) is 20.8 Å². The smallest absolute Gasteiger partial charge is 0.222 e. The number of aryl methyl sites for hydroxylation is 1. The molecule has 78 valence electrons. The maximum Gasteiger partial charge on any atom is 0.222 e. The zero-order valence-electron chi connectivity index (χ0n) is 8.96. The average molecular weight is 211 g/mol. The predicted molar refractivity (Wildman–Crippen MR) is 60.4 cm³/mol. The highest BCUT2D eigenvalue weighted by Crippen LogP contribution is 2.16. The van der Waals surface area contributed by atoms with Gasteiger partial charge in [-0.25, -0.2) is 0 Å². The summed E-state index contributed by atoms with van der Waals surface area (Å²) in [6.07, 6.45) is 1.07. The van der Waals surface area contributed by atoms with Crippen molar-refractivity contribution < 1.29 is 4.79 Å². The molecule has 0 unspecified atom stereocenters. The normalized spacial score (nSPS) is 10.6. The minimum Gasteiger partial charge on any atom is -0.351 e. The minimum absolute atomic E-state index is 0.0700. The Balaban J connectivity index is 2.41. The van der Waals surface area contributed by atoms with Gasteiger partial charge in [0.05, 0.1) is 6.54 Å². The van der Waals surface area contributed by atoms with Crippen molar-refractivity contribution in [1.82, 2.24) is 5.32 Å². The molecule has 1 aromatic rings. The molecule has 1 N–H and O–H groups in total. The third kappa shape index (κ3) is 3.14. The van der Waals surface area contributed by atoms with Crippen molar-refractivity contribution in [3.8, 4) is 0 Å². The van der Waals surface area contributed by atoms with Crippen LogP contribution in [0.2, 0.25) is 0 Å². The molecule has 1 heterocycles. The Morgan fingerprint density at radius 3 is 2.57 bits per heavy atom. The van der Waals surface area contributed by atoms with Crippen molar-refractivity contribution in [3.05, 3.63) is 21.9 Å². The van der Waals surface area contributed by atoms with E-state index >= 15 is 0 Å². The number of nitrogens with one attached hydrogen (secondary N) is 1. The van der Waals surface area contributed by atoms with Crippen LogP contribution in [0.3, 0.4) is 0 Å². The van der Waals surface area contributed by atoms with Crippen LogP contribution in [0.1, 0.15) is 30.5 Å². The van der Waals surface area contributed by atoms with E-state index < -0.39 is 0 Å². The van der Waals surface area contributed by atoms with E-state index in [4.69, 9.17) is 0 Å². The second-order valence-electron chi connectivity index (χ2n) is 3.59. The molecule has 3 heteroatoms. The summed E-state index contributed by atoms with van der Waals surface area (Å²) in [7, 11) is 0. The first-order chi connectivity index (χ1) is 6.63. The summed E-state index contributed by atoms with van der Waals surface area (Å²) in [6.45, 7) is 6.62. The van der Waals surface area contributed by atoms with Crippen LogP contribution in [0.25, 0.3) is 0 Å². The van der Waals surface area contributed by atoms with E-state index in [1.807, 2.05) is 13.8 Å². The minimum atomic E-state index is 0.0700. The molecule has 1 aromatic heterocycles. The van der Waals surface area contributed by atoms with Crippen LogP contribution in [0.15, 0.2) is 12.1 Å². The Morgan fingerprint density at radius 2 is 2.07 bits per heavy atom. The molecule has 1 amide bonds. The SMILES string of the molecule is CCc1ccc(CNC(=O)C(C)C)s1. The van der Waals surface area contributed by atoms with Crippen LogP contribution in [0, 0.1) is 5.92 Å². The molecule has 0 bridgehead atoms. The molecule has 0 radical (unpaired) electrons. The van der Waals surface area contributed by atoms with E-state index in [9.17, 15) is 4.79 Å². The lowest BCUT2D eigenvalue weighted by Gasteiger charge is -2.05. The number of carbonyl (C=O) groups excluding carboxylic acids is 1. The van der Waals surface area contributed by atoms with Crippen molar-refractivity contribution in [2.45, 2.75) is 33.7 Å². The zero-order chi connectivity index (χ0) is 10.6. The molecule has 14 heavy (non-hydrogen) atoms. The molecule has 0 spiro atoms. The lowest BCUT2D eigenvalue weighted by atomic mass is 10.2. The van der Waals surface area contributed by atoms with Gasteiger partial charge in [0.1, 0.15) is 0 Å².